The monoisotopic (exact) mass is 251 g/mol. The first-order valence-corrected chi connectivity index (χ1v) is 4.69. The Hall–Kier alpha value is -2.83. The second-order valence-corrected chi connectivity index (χ2v) is 3.14. The summed E-state index contributed by atoms with van der Waals surface area (Å²) in [7, 11) is 0. The predicted octanol–water partition coefficient (Wildman–Crippen LogP) is 1.32. The molecule has 7 nitrogen and oxygen atoms in total. The van der Waals surface area contributed by atoms with Gasteiger partial charge in [0.1, 0.15) is 0 Å². The summed E-state index contributed by atoms with van der Waals surface area (Å²) in [5.41, 5.74) is 0.727. The summed E-state index contributed by atoms with van der Waals surface area (Å²) in [6, 6.07) is 9.15. The number of benzene rings is 1. The van der Waals surface area contributed by atoms with E-state index in [2.05, 4.69) is 0 Å². The number of rotatable bonds is 0. The lowest BCUT2D eigenvalue weighted by atomic mass is 10.2. The Morgan fingerprint density at radius 3 is 1.94 bits per heavy atom. The maximum absolute atomic E-state index is 10.6. The van der Waals surface area contributed by atoms with Crippen LogP contribution in [0.25, 0.3) is 10.9 Å². The van der Waals surface area contributed by atoms with Crippen molar-refractivity contribution >= 4 is 28.9 Å². The van der Waals surface area contributed by atoms with Gasteiger partial charge in [-0.1, -0.05) is 18.2 Å². The van der Waals surface area contributed by atoms with Crippen molar-refractivity contribution in [2.75, 3.05) is 0 Å². The average molecular weight is 251 g/mol. The van der Waals surface area contributed by atoms with Gasteiger partial charge < -0.3 is 15.3 Å². The molecule has 0 saturated heterocycles. The molecule has 18 heavy (non-hydrogen) atoms. The first-order chi connectivity index (χ1) is 8.43. The molecule has 3 N–H and O–H groups in total. The SMILES string of the molecule is O=C(O)C(=O)O.O=C(O)n1ccc2ccccc21. The Bertz CT molecular complexity index is 588. The number of aromatic nitrogens is 1. The highest BCUT2D eigenvalue weighted by Crippen LogP contribution is 2.14. The van der Waals surface area contributed by atoms with Crippen LogP contribution in [0.5, 0.6) is 0 Å². The second-order valence-electron chi connectivity index (χ2n) is 3.14. The zero-order valence-electron chi connectivity index (χ0n) is 8.98. The smallest absolute Gasteiger partial charge is 0.415 e. The maximum Gasteiger partial charge on any atom is 0.415 e. The third kappa shape index (κ3) is 3.08. The molecule has 0 aliphatic heterocycles. The molecule has 0 fully saturated rings. The Kier molecular flexibility index (Phi) is 4.03. The number of para-hydroxylation sites is 1. The van der Waals surface area contributed by atoms with Crippen LogP contribution in [0.3, 0.4) is 0 Å². The maximum atomic E-state index is 10.6. The van der Waals surface area contributed by atoms with Gasteiger partial charge in [0, 0.05) is 11.6 Å². The van der Waals surface area contributed by atoms with Crippen LogP contribution in [-0.4, -0.2) is 37.9 Å². The van der Waals surface area contributed by atoms with Crippen molar-refractivity contribution in [3.63, 3.8) is 0 Å². The van der Waals surface area contributed by atoms with Crippen molar-refractivity contribution in [1.82, 2.24) is 4.57 Å². The number of fused-ring (bicyclic) bond motifs is 1. The van der Waals surface area contributed by atoms with Crippen LogP contribution in [-0.2, 0) is 9.59 Å². The first kappa shape index (κ1) is 13.2. The van der Waals surface area contributed by atoms with Crippen LogP contribution in [0, 0.1) is 0 Å². The van der Waals surface area contributed by atoms with Gasteiger partial charge >= 0.3 is 18.0 Å². The topological polar surface area (TPSA) is 117 Å². The van der Waals surface area contributed by atoms with E-state index in [0.717, 1.165) is 10.9 Å². The van der Waals surface area contributed by atoms with Crippen LogP contribution < -0.4 is 0 Å². The van der Waals surface area contributed by atoms with Crippen molar-refractivity contribution in [2.45, 2.75) is 0 Å². The van der Waals surface area contributed by atoms with E-state index in [1.54, 1.807) is 18.3 Å². The summed E-state index contributed by atoms with van der Waals surface area (Å²) in [5, 5.41) is 24.5. The van der Waals surface area contributed by atoms with Crippen LogP contribution in [0.4, 0.5) is 4.79 Å². The zero-order chi connectivity index (χ0) is 13.7. The van der Waals surface area contributed by atoms with E-state index >= 15 is 0 Å². The van der Waals surface area contributed by atoms with E-state index in [-0.39, 0.29) is 0 Å². The Morgan fingerprint density at radius 2 is 1.44 bits per heavy atom. The van der Waals surface area contributed by atoms with Crippen molar-refractivity contribution in [1.29, 1.82) is 0 Å². The number of nitrogens with zero attached hydrogens (tertiary/aromatic N) is 1. The highest BCUT2D eigenvalue weighted by Gasteiger charge is 2.04. The molecule has 0 saturated carbocycles. The standard InChI is InChI=1S/C9H7NO2.C2H2O4/c11-9(12)10-6-5-7-3-1-2-4-8(7)10;3-1(4)2(5)6/h1-6H,(H,11,12);(H,3,4)(H,5,6). The van der Waals surface area contributed by atoms with Crippen molar-refractivity contribution < 1.29 is 29.7 Å². The van der Waals surface area contributed by atoms with Gasteiger partial charge in [-0.25, -0.2) is 14.4 Å². The van der Waals surface area contributed by atoms with E-state index < -0.39 is 18.0 Å². The Morgan fingerprint density at radius 1 is 0.889 bits per heavy atom. The lowest BCUT2D eigenvalue weighted by Crippen LogP contribution is -2.09. The van der Waals surface area contributed by atoms with Gasteiger partial charge in [-0.2, -0.15) is 0 Å². The molecular weight excluding hydrogens is 242 g/mol. The fourth-order valence-electron chi connectivity index (χ4n) is 1.25. The summed E-state index contributed by atoms with van der Waals surface area (Å²) in [4.78, 5) is 28.8. The number of hydrogen-bond acceptors (Lipinski definition) is 3. The molecule has 0 radical (unpaired) electrons. The molecule has 0 amide bonds. The number of carboxylic acids is 2. The van der Waals surface area contributed by atoms with Gasteiger partial charge in [-0.15, -0.1) is 0 Å². The lowest BCUT2D eigenvalue weighted by molar-refractivity contribution is -0.159. The van der Waals surface area contributed by atoms with Gasteiger partial charge in [0.2, 0.25) is 0 Å². The van der Waals surface area contributed by atoms with E-state index in [1.807, 2.05) is 18.2 Å². The molecule has 0 aliphatic rings. The first-order valence-electron chi connectivity index (χ1n) is 4.69. The Labute approximate surface area is 101 Å². The fraction of sp³-hybridized carbons (Fsp3) is 0. The second kappa shape index (κ2) is 5.48. The van der Waals surface area contributed by atoms with Crippen molar-refractivity contribution in [3.05, 3.63) is 36.5 Å². The van der Waals surface area contributed by atoms with E-state index in [1.165, 1.54) is 4.57 Å². The molecule has 94 valence electrons. The minimum absolute atomic E-state index is 0.727. The molecular formula is C11H9NO6. The average Bonchev–Trinajstić information content (AvgIpc) is 2.73. The summed E-state index contributed by atoms with van der Waals surface area (Å²) in [6.45, 7) is 0. The Balaban J connectivity index is 0.000000232. The van der Waals surface area contributed by atoms with E-state index in [9.17, 15) is 4.79 Å². The normalized spacial score (nSPS) is 9.33. The molecule has 0 aliphatic carbocycles. The minimum Gasteiger partial charge on any atom is -0.473 e. The summed E-state index contributed by atoms with van der Waals surface area (Å²) in [6.07, 6.45) is 0.601. The summed E-state index contributed by atoms with van der Waals surface area (Å²) < 4.78 is 1.20. The molecule has 0 spiro atoms. The van der Waals surface area contributed by atoms with Crippen molar-refractivity contribution in [3.8, 4) is 0 Å². The van der Waals surface area contributed by atoms with E-state index in [4.69, 9.17) is 24.9 Å². The van der Waals surface area contributed by atoms with Gasteiger partial charge in [0.05, 0.1) is 5.52 Å². The van der Waals surface area contributed by atoms with Crippen molar-refractivity contribution in [2.24, 2.45) is 0 Å². The lowest BCUT2D eigenvalue weighted by Gasteiger charge is -1.95. The summed E-state index contributed by atoms with van der Waals surface area (Å²) in [5.74, 6) is -3.65. The highest BCUT2D eigenvalue weighted by molar-refractivity contribution is 6.27. The predicted molar refractivity (Wildman–Crippen MR) is 60.6 cm³/mol. The molecule has 2 aromatic rings. The third-order valence-electron chi connectivity index (χ3n) is 1.99. The van der Waals surface area contributed by atoms with Crippen LogP contribution >= 0.6 is 0 Å². The van der Waals surface area contributed by atoms with Crippen LogP contribution in [0.15, 0.2) is 36.5 Å². The van der Waals surface area contributed by atoms with Gasteiger partial charge in [0.25, 0.3) is 0 Å². The van der Waals surface area contributed by atoms with Gasteiger partial charge in [-0.05, 0) is 12.1 Å². The largest absolute Gasteiger partial charge is 0.473 e. The highest BCUT2D eigenvalue weighted by atomic mass is 16.4. The number of carboxylic acid groups (broad SMARTS) is 3. The van der Waals surface area contributed by atoms with E-state index in [0.29, 0.717) is 0 Å². The van der Waals surface area contributed by atoms with Gasteiger partial charge in [-0.3, -0.25) is 4.57 Å². The van der Waals surface area contributed by atoms with Crippen LogP contribution in [0.1, 0.15) is 0 Å². The zero-order valence-corrected chi connectivity index (χ0v) is 8.98. The molecule has 1 heterocycles. The molecule has 1 aromatic heterocycles. The molecule has 1 aromatic carbocycles. The number of hydrogen-bond donors (Lipinski definition) is 3. The summed E-state index contributed by atoms with van der Waals surface area (Å²) >= 11 is 0. The number of carbonyl (C=O) groups is 3. The molecule has 7 heteroatoms. The quantitative estimate of drug-likeness (QED) is 0.608. The molecule has 0 atom stereocenters. The molecule has 0 unspecified atom stereocenters. The molecule has 0 bridgehead atoms. The van der Waals surface area contributed by atoms with Gasteiger partial charge in [0.15, 0.2) is 0 Å². The number of aliphatic carboxylic acids is 2. The van der Waals surface area contributed by atoms with Crippen LogP contribution in [0.2, 0.25) is 0 Å². The minimum atomic E-state index is -1.82. The third-order valence-corrected chi connectivity index (χ3v) is 1.99. The fourth-order valence-corrected chi connectivity index (χ4v) is 1.25. The molecule has 2 rings (SSSR count).